The smallest absolute Gasteiger partial charge is 0.264 e. The minimum absolute atomic E-state index is 0.0138. The van der Waals surface area contributed by atoms with Gasteiger partial charge in [0.05, 0.1) is 42.3 Å². The number of aryl methyl sites for hydroxylation is 1. The molecule has 0 N–H and O–H groups in total. The lowest BCUT2D eigenvalue weighted by atomic mass is 9.90. The van der Waals surface area contributed by atoms with Crippen molar-refractivity contribution in [3.05, 3.63) is 89.0 Å². The second-order valence-corrected chi connectivity index (χ2v) is 12.3. The molecule has 8 nitrogen and oxygen atoms in total. The van der Waals surface area contributed by atoms with E-state index in [1.807, 2.05) is 37.3 Å². The molecule has 1 atom stereocenters. The lowest BCUT2D eigenvalue weighted by molar-refractivity contribution is -0.125. The SMILES string of the molecule is COc1cc2c(cc1OC)N(S(=O)(=O)c1ccc(C)cc1)CCC1=C2N=C2SCC(=O)N2C1c1ccccc1. The van der Waals surface area contributed by atoms with Crippen LogP contribution < -0.4 is 13.8 Å². The van der Waals surface area contributed by atoms with E-state index in [1.54, 1.807) is 48.4 Å². The highest BCUT2D eigenvalue weighted by Gasteiger charge is 2.44. The standard InChI is InChI=1S/C29H27N3O5S2/c1-18-9-11-20(12-10-18)39(34,35)31-14-13-21-27(22-15-24(36-2)25(37-3)16-23(22)31)30-29-32(26(33)17-38-29)28(21)19-7-5-4-6-8-19/h4-12,15-16,28H,13-14,17H2,1-3H3. The number of hydrogen-bond acceptors (Lipinski definition) is 7. The Morgan fingerprint density at radius 1 is 0.974 bits per heavy atom. The van der Waals surface area contributed by atoms with Gasteiger partial charge in [0.1, 0.15) is 0 Å². The van der Waals surface area contributed by atoms with Gasteiger partial charge in [-0.2, -0.15) is 0 Å². The number of fused-ring (bicyclic) bond motifs is 3. The average Bonchev–Trinajstić information content (AvgIpc) is 3.23. The van der Waals surface area contributed by atoms with Crippen LogP contribution in [0.25, 0.3) is 5.70 Å². The zero-order valence-electron chi connectivity index (χ0n) is 21.7. The van der Waals surface area contributed by atoms with Gasteiger partial charge in [-0.05, 0) is 42.7 Å². The van der Waals surface area contributed by atoms with Crippen LogP contribution in [-0.2, 0) is 14.8 Å². The molecule has 1 amide bonds. The van der Waals surface area contributed by atoms with E-state index in [9.17, 15) is 13.2 Å². The number of amides is 1. The molecular weight excluding hydrogens is 534 g/mol. The van der Waals surface area contributed by atoms with E-state index in [1.165, 1.54) is 23.2 Å². The monoisotopic (exact) mass is 561 g/mol. The van der Waals surface area contributed by atoms with Crippen molar-refractivity contribution in [3.63, 3.8) is 0 Å². The predicted octanol–water partition coefficient (Wildman–Crippen LogP) is 5.01. The second-order valence-electron chi connectivity index (χ2n) is 9.50. The van der Waals surface area contributed by atoms with Crippen LogP contribution in [0.3, 0.4) is 0 Å². The summed E-state index contributed by atoms with van der Waals surface area (Å²) in [5, 5.41) is 0.614. The summed E-state index contributed by atoms with van der Waals surface area (Å²) in [7, 11) is -0.870. The van der Waals surface area contributed by atoms with Crippen molar-refractivity contribution in [3.8, 4) is 11.5 Å². The van der Waals surface area contributed by atoms with Gasteiger partial charge >= 0.3 is 0 Å². The van der Waals surface area contributed by atoms with Gasteiger partial charge < -0.3 is 9.47 Å². The Balaban J connectivity index is 1.60. The molecule has 3 aromatic carbocycles. The van der Waals surface area contributed by atoms with Crippen molar-refractivity contribution < 1.29 is 22.7 Å². The van der Waals surface area contributed by atoms with Gasteiger partial charge in [0.15, 0.2) is 16.7 Å². The van der Waals surface area contributed by atoms with Gasteiger partial charge in [0.2, 0.25) is 5.91 Å². The number of thioether (sulfide) groups is 1. The summed E-state index contributed by atoms with van der Waals surface area (Å²) in [6.07, 6.45) is 0.379. The van der Waals surface area contributed by atoms with Crippen LogP contribution in [0.2, 0.25) is 0 Å². The van der Waals surface area contributed by atoms with E-state index < -0.39 is 10.0 Å². The first-order valence-electron chi connectivity index (χ1n) is 12.5. The first kappa shape index (κ1) is 25.5. The molecule has 10 heteroatoms. The van der Waals surface area contributed by atoms with E-state index in [4.69, 9.17) is 14.5 Å². The van der Waals surface area contributed by atoms with Crippen LogP contribution >= 0.6 is 11.8 Å². The third kappa shape index (κ3) is 4.18. The number of ether oxygens (including phenoxy) is 2. The van der Waals surface area contributed by atoms with Crippen molar-refractivity contribution in [2.24, 2.45) is 4.99 Å². The number of hydrogen-bond donors (Lipinski definition) is 0. The van der Waals surface area contributed by atoms with Crippen LogP contribution in [0, 0.1) is 6.92 Å². The fourth-order valence-corrected chi connectivity index (χ4v) is 7.70. The normalized spacial score (nSPS) is 18.7. The molecule has 0 spiro atoms. The molecule has 3 aliphatic rings. The van der Waals surface area contributed by atoms with Crippen molar-refractivity contribution >= 4 is 44.2 Å². The molecule has 3 heterocycles. The van der Waals surface area contributed by atoms with Crippen molar-refractivity contribution in [1.82, 2.24) is 4.90 Å². The predicted molar refractivity (Wildman–Crippen MR) is 153 cm³/mol. The van der Waals surface area contributed by atoms with E-state index in [0.717, 1.165) is 16.7 Å². The van der Waals surface area contributed by atoms with Crippen LogP contribution in [0.4, 0.5) is 5.69 Å². The quantitative estimate of drug-likeness (QED) is 0.435. The molecule has 39 heavy (non-hydrogen) atoms. The first-order valence-corrected chi connectivity index (χ1v) is 14.9. The van der Waals surface area contributed by atoms with Crippen LogP contribution in [0.5, 0.6) is 11.5 Å². The van der Waals surface area contributed by atoms with Crippen LogP contribution in [0.1, 0.15) is 29.2 Å². The maximum atomic E-state index is 14.1. The fourth-order valence-electron chi connectivity index (χ4n) is 5.33. The molecule has 0 aromatic heterocycles. The Bertz CT molecular complexity index is 1630. The highest BCUT2D eigenvalue weighted by Crippen LogP contribution is 2.50. The van der Waals surface area contributed by atoms with Gasteiger partial charge in [-0.1, -0.05) is 59.8 Å². The van der Waals surface area contributed by atoms with E-state index in [2.05, 4.69) is 0 Å². The maximum Gasteiger partial charge on any atom is 0.264 e. The largest absolute Gasteiger partial charge is 0.493 e. The Hall–Kier alpha value is -3.76. The molecule has 0 aliphatic carbocycles. The molecule has 1 fully saturated rings. The number of anilines is 1. The van der Waals surface area contributed by atoms with Gasteiger partial charge in [-0.15, -0.1) is 0 Å². The zero-order valence-corrected chi connectivity index (χ0v) is 23.4. The lowest BCUT2D eigenvalue weighted by Crippen LogP contribution is -2.38. The molecule has 0 radical (unpaired) electrons. The van der Waals surface area contributed by atoms with Gasteiger partial charge in [0, 0.05) is 18.2 Å². The van der Waals surface area contributed by atoms with Gasteiger partial charge in [-0.3, -0.25) is 14.0 Å². The summed E-state index contributed by atoms with van der Waals surface area (Å²) < 4.78 is 40.8. The number of amidine groups is 1. The van der Waals surface area contributed by atoms with Crippen molar-refractivity contribution in [1.29, 1.82) is 0 Å². The highest BCUT2D eigenvalue weighted by atomic mass is 32.2. The Labute approximate surface area is 232 Å². The van der Waals surface area contributed by atoms with Gasteiger partial charge in [-0.25, -0.2) is 13.4 Å². The molecule has 0 saturated carbocycles. The lowest BCUT2D eigenvalue weighted by Gasteiger charge is -2.34. The minimum atomic E-state index is -3.94. The molecule has 1 saturated heterocycles. The van der Waals surface area contributed by atoms with Crippen LogP contribution in [-0.4, -0.2) is 50.9 Å². The number of aliphatic imine (C=N–C) groups is 1. The molecule has 200 valence electrons. The maximum absolute atomic E-state index is 14.1. The van der Waals surface area contributed by atoms with Crippen molar-refractivity contribution in [2.45, 2.75) is 24.3 Å². The third-order valence-electron chi connectivity index (χ3n) is 7.23. The number of carbonyl (C=O) groups is 1. The summed E-state index contributed by atoms with van der Waals surface area (Å²) in [5.41, 5.74) is 4.54. The van der Waals surface area contributed by atoms with Crippen molar-refractivity contribution in [2.75, 3.05) is 30.8 Å². The number of methoxy groups -OCH3 is 2. The molecule has 0 bridgehead atoms. The zero-order chi connectivity index (χ0) is 27.3. The average molecular weight is 562 g/mol. The van der Waals surface area contributed by atoms with E-state index >= 15 is 0 Å². The molecule has 6 rings (SSSR count). The summed E-state index contributed by atoms with van der Waals surface area (Å²) in [6, 6.07) is 19.8. The Morgan fingerprint density at radius 2 is 1.67 bits per heavy atom. The van der Waals surface area contributed by atoms with Crippen LogP contribution in [0.15, 0.2) is 82.2 Å². The first-order chi connectivity index (χ1) is 18.8. The summed E-state index contributed by atoms with van der Waals surface area (Å²) in [5.74, 6) is 1.18. The molecule has 3 aliphatic heterocycles. The highest BCUT2D eigenvalue weighted by molar-refractivity contribution is 8.15. The number of nitrogens with zero attached hydrogens (tertiary/aromatic N) is 3. The van der Waals surface area contributed by atoms with E-state index in [-0.39, 0.29) is 23.4 Å². The second kappa shape index (κ2) is 9.77. The molecular formula is C29H27N3O5S2. The number of rotatable bonds is 5. The van der Waals surface area contributed by atoms with E-state index in [0.29, 0.717) is 45.8 Å². The minimum Gasteiger partial charge on any atom is -0.493 e. The Kier molecular flexibility index (Phi) is 6.39. The number of benzene rings is 3. The number of sulfonamides is 1. The Morgan fingerprint density at radius 3 is 2.36 bits per heavy atom. The third-order valence-corrected chi connectivity index (χ3v) is 10.00. The fraction of sp³-hybridized carbons (Fsp3) is 0.241. The molecule has 1 unspecified atom stereocenters. The van der Waals surface area contributed by atoms with Gasteiger partial charge in [0.25, 0.3) is 10.0 Å². The molecule has 3 aromatic rings. The topological polar surface area (TPSA) is 88.5 Å². The summed E-state index contributed by atoms with van der Waals surface area (Å²) >= 11 is 1.40. The summed E-state index contributed by atoms with van der Waals surface area (Å²) in [4.78, 5) is 20.0. The summed E-state index contributed by atoms with van der Waals surface area (Å²) in [6.45, 7) is 2.09. The number of carbonyl (C=O) groups excluding carboxylic acids is 1.